The molecule has 0 aromatic carbocycles. The first-order chi connectivity index (χ1) is 6.66. The Labute approximate surface area is 92.1 Å². The van der Waals surface area contributed by atoms with E-state index in [4.69, 9.17) is 5.73 Å². The number of nitrogen functional groups attached to an aromatic ring is 1. The van der Waals surface area contributed by atoms with E-state index in [0.29, 0.717) is 11.5 Å². The highest BCUT2D eigenvalue weighted by Crippen LogP contribution is 2.27. The van der Waals surface area contributed by atoms with Gasteiger partial charge in [-0.3, -0.25) is 0 Å². The maximum Gasteiger partial charge on any atom is 0.154 e. The maximum atomic E-state index is 5.56. The molecule has 0 fully saturated rings. The molecule has 1 rings (SSSR count). The van der Waals surface area contributed by atoms with Crippen LogP contribution in [0.1, 0.15) is 25.5 Å². The average Bonchev–Trinajstić information content (AvgIpc) is 2.20. The lowest BCUT2D eigenvalue weighted by Gasteiger charge is -2.07. The fourth-order valence-corrected chi connectivity index (χ4v) is 1.11. The van der Waals surface area contributed by atoms with Crippen LogP contribution in [0, 0.1) is 0 Å². The van der Waals surface area contributed by atoms with Crippen molar-refractivity contribution in [3.63, 3.8) is 0 Å². The molecule has 0 spiro atoms. The number of hydrogen-bond donors (Lipinski definition) is 1. The summed E-state index contributed by atoms with van der Waals surface area (Å²) >= 11 is 4.58. The molecule has 1 aromatic rings. The first-order valence-electron chi connectivity index (χ1n) is 4.18. The normalized spacial score (nSPS) is 9.21. The van der Waals surface area contributed by atoms with Crippen LogP contribution in [0.5, 0.6) is 0 Å². The molecule has 0 saturated carbocycles. The Hall–Kier alpha value is -0.670. The van der Waals surface area contributed by atoms with Crippen LogP contribution in [0.3, 0.4) is 0 Å². The highest BCUT2D eigenvalue weighted by Gasteiger charge is 2.10. The van der Waals surface area contributed by atoms with Gasteiger partial charge in [0.2, 0.25) is 0 Å². The summed E-state index contributed by atoms with van der Waals surface area (Å²) in [6, 6.07) is 0. The summed E-state index contributed by atoms with van der Waals surface area (Å²) in [7, 11) is 2.42. The van der Waals surface area contributed by atoms with Crippen molar-refractivity contribution in [3.05, 3.63) is 12.0 Å². The van der Waals surface area contributed by atoms with Gasteiger partial charge in [0.05, 0.1) is 5.69 Å². The maximum absolute atomic E-state index is 5.56. The lowest BCUT2D eigenvalue weighted by atomic mass is 10.1. The molecule has 0 aliphatic carbocycles. The van der Waals surface area contributed by atoms with Crippen molar-refractivity contribution >= 4 is 33.2 Å². The summed E-state index contributed by atoms with van der Waals surface area (Å²) in [5.74, 6) is 0.612. The lowest BCUT2D eigenvalue weighted by molar-refractivity contribution is 0.817. The predicted octanol–water partition coefficient (Wildman–Crippen LogP) is 2.04. The largest absolute Gasteiger partial charge is 0.382 e. The standard InChI is InChI=1S/C7H10N4S.CH5P/c1-4(2)5-6(11-12)7(8)10-3-9-5;1-2/h3-4H,1-2H3,(H2,8,9,10);2H2,1H3. The van der Waals surface area contributed by atoms with Crippen LogP contribution in [-0.2, 0) is 12.4 Å². The molecule has 1 aromatic heterocycles. The average molecular weight is 230 g/mol. The molecule has 0 saturated heterocycles. The molecule has 0 radical (unpaired) electrons. The van der Waals surface area contributed by atoms with Gasteiger partial charge in [-0.2, -0.15) is 4.36 Å². The van der Waals surface area contributed by atoms with Crippen LogP contribution in [0.15, 0.2) is 10.7 Å². The number of nitrogens with zero attached hydrogens (tertiary/aromatic N) is 3. The minimum Gasteiger partial charge on any atom is -0.382 e. The van der Waals surface area contributed by atoms with Gasteiger partial charge in [0.25, 0.3) is 0 Å². The van der Waals surface area contributed by atoms with Gasteiger partial charge in [-0.15, -0.1) is 9.24 Å². The third-order valence-electron chi connectivity index (χ3n) is 1.52. The Morgan fingerprint density at radius 2 is 2.00 bits per heavy atom. The Bertz CT molecular complexity index is 303. The molecule has 0 bridgehead atoms. The van der Waals surface area contributed by atoms with Gasteiger partial charge in [-0.25, -0.2) is 9.97 Å². The molecule has 1 heterocycles. The fourth-order valence-electron chi connectivity index (χ4n) is 0.923. The van der Waals surface area contributed by atoms with E-state index in [1.807, 2.05) is 20.5 Å². The minimum absolute atomic E-state index is 0.261. The van der Waals surface area contributed by atoms with Crippen LogP contribution in [0.25, 0.3) is 0 Å². The van der Waals surface area contributed by atoms with Crippen LogP contribution in [0.4, 0.5) is 11.5 Å². The molecule has 1 atom stereocenters. The molecule has 0 amide bonds. The summed E-state index contributed by atoms with van der Waals surface area (Å²) < 4.78 is 3.62. The molecular weight excluding hydrogens is 215 g/mol. The van der Waals surface area contributed by atoms with Crippen molar-refractivity contribution < 1.29 is 0 Å². The zero-order valence-electron chi connectivity index (χ0n) is 8.56. The van der Waals surface area contributed by atoms with E-state index in [0.717, 1.165) is 5.69 Å². The second-order valence-electron chi connectivity index (χ2n) is 2.74. The van der Waals surface area contributed by atoms with Gasteiger partial charge in [0.15, 0.2) is 5.82 Å². The molecule has 78 valence electrons. The van der Waals surface area contributed by atoms with Gasteiger partial charge in [0.1, 0.15) is 12.0 Å². The summed E-state index contributed by atoms with van der Waals surface area (Å²) in [6.07, 6.45) is 1.43. The second-order valence-corrected chi connectivity index (χ2v) is 2.92. The van der Waals surface area contributed by atoms with Crippen LogP contribution in [-0.4, -0.2) is 16.6 Å². The fraction of sp³-hybridized carbons (Fsp3) is 0.500. The third-order valence-corrected chi connectivity index (χ3v) is 1.70. The Morgan fingerprint density at radius 1 is 1.43 bits per heavy atom. The summed E-state index contributed by atoms with van der Waals surface area (Å²) in [5, 5.41) is 0. The number of aromatic nitrogens is 2. The van der Waals surface area contributed by atoms with E-state index in [2.05, 4.69) is 36.0 Å². The Kier molecular flexibility index (Phi) is 6.41. The van der Waals surface area contributed by atoms with Crippen molar-refractivity contribution in [3.8, 4) is 0 Å². The van der Waals surface area contributed by atoms with Gasteiger partial charge in [-0.05, 0) is 5.92 Å². The molecule has 6 heteroatoms. The molecule has 4 nitrogen and oxygen atoms in total. The van der Waals surface area contributed by atoms with Crippen LogP contribution < -0.4 is 5.73 Å². The quantitative estimate of drug-likeness (QED) is 0.789. The molecular formula is C8H15N4PS. The van der Waals surface area contributed by atoms with Crippen LogP contribution in [0.2, 0.25) is 0 Å². The number of nitrogens with two attached hydrogens (primary N) is 1. The smallest absolute Gasteiger partial charge is 0.154 e. The highest BCUT2D eigenvalue weighted by molar-refractivity contribution is 7.47. The highest BCUT2D eigenvalue weighted by atomic mass is 32.1. The van der Waals surface area contributed by atoms with Gasteiger partial charge >= 0.3 is 0 Å². The zero-order valence-corrected chi connectivity index (χ0v) is 10.5. The topological polar surface area (TPSA) is 64.2 Å². The molecule has 2 N–H and O–H groups in total. The number of anilines is 1. The first-order valence-corrected chi connectivity index (χ1v) is 5.70. The van der Waals surface area contributed by atoms with E-state index in [1.165, 1.54) is 6.33 Å². The van der Waals surface area contributed by atoms with E-state index in [9.17, 15) is 0 Å². The monoisotopic (exact) mass is 230 g/mol. The SMILES string of the molecule is CC(C)c1ncnc(N)c1N=S.CP. The predicted molar refractivity (Wildman–Crippen MR) is 65.6 cm³/mol. The van der Waals surface area contributed by atoms with E-state index >= 15 is 0 Å². The van der Waals surface area contributed by atoms with E-state index in [1.54, 1.807) is 0 Å². The Morgan fingerprint density at radius 3 is 2.36 bits per heavy atom. The van der Waals surface area contributed by atoms with Gasteiger partial charge < -0.3 is 5.73 Å². The second kappa shape index (κ2) is 6.74. The molecule has 0 aliphatic rings. The summed E-state index contributed by atoms with van der Waals surface area (Å²) in [4.78, 5) is 7.86. The third kappa shape index (κ3) is 3.24. The van der Waals surface area contributed by atoms with Crippen LogP contribution >= 0.6 is 9.24 Å². The number of rotatable bonds is 2. The van der Waals surface area contributed by atoms with E-state index in [-0.39, 0.29) is 5.92 Å². The van der Waals surface area contributed by atoms with Crippen molar-refractivity contribution in [1.82, 2.24) is 9.97 Å². The lowest BCUT2D eigenvalue weighted by Crippen LogP contribution is -1.99. The van der Waals surface area contributed by atoms with Gasteiger partial charge in [0, 0.05) is 12.4 Å². The molecule has 0 aliphatic heterocycles. The summed E-state index contributed by atoms with van der Waals surface area (Å²) in [6.45, 7) is 5.93. The van der Waals surface area contributed by atoms with Crippen molar-refractivity contribution in [2.24, 2.45) is 4.36 Å². The first kappa shape index (κ1) is 13.3. The van der Waals surface area contributed by atoms with Crippen molar-refractivity contribution in [1.29, 1.82) is 0 Å². The molecule has 1 unspecified atom stereocenters. The minimum atomic E-state index is 0.261. The van der Waals surface area contributed by atoms with Gasteiger partial charge in [-0.1, -0.05) is 20.5 Å². The zero-order chi connectivity index (χ0) is 11.1. The van der Waals surface area contributed by atoms with E-state index < -0.39 is 0 Å². The molecule has 14 heavy (non-hydrogen) atoms. The van der Waals surface area contributed by atoms with Crippen molar-refractivity contribution in [2.75, 3.05) is 12.4 Å². The number of hydrogen-bond acceptors (Lipinski definition) is 5. The van der Waals surface area contributed by atoms with Crippen molar-refractivity contribution in [2.45, 2.75) is 19.8 Å². The Balaban J connectivity index is 0.000000791. The summed E-state index contributed by atoms with van der Waals surface area (Å²) in [5.41, 5.74) is 6.89.